The van der Waals surface area contributed by atoms with E-state index in [-0.39, 0.29) is 5.91 Å². The lowest BCUT2D eigenvalue weighted by Gasteiger charge is -2.17. The first-order valence-corrected chi connectivity index (χ1v) is 6.71. The number of hydrogen-bond donors (Lipinski definition) is 0. The fraction of sp³-hybridized carbons (Fsp3) is 0.417. The van der Waals surface area contributed by atoms with Crippen molar-refractivity contribution in [1.29, 1.82) is 0 Å². The number of rotatable bonds is 2. The summed E-state index contributed by atoms with van der Waals surface area (Å²) in [6.07, 6.45) is 0.952. The maximum Gasteiger partial charge on any atom is 0.255 e. The van der Waals surface area contributed by atoms with Gasteiger partial charge in [0.2, 0.25) is 0 Å². The van der Waals surface area contributed by atoms with Crippen LogP contribution in [0.15, 0.2) is 18.2 Å². The number of benzene rings is 1. The van der Waals surface area contributed by atoms with Gasteiger partial charge in [-0.15, -0.1) is 11.6 Å². The first kappa shape index (κ1) is 13.0. The van der Waals surface area contributed by atoms with E-state index >= 15 is 0 Å². The summed E-state index contributed by atoms with van der Waals surface area (Å²) in [5, 5.41) is 0.735. The Bertz CT molecular complexity index is 436. The number of carbonyl (C=O) groups is 1. The van der Waals surface area contributed by atoms with Crippen molar-refractivity contribution in [3.63, 3.8) is 0 Å². The molecule has 0 saturated carbocycles. The summed E-state index contributed by atoms with van der Waals surface area (Å²) in [6, 6.07) is 5.10. The van der Waals surface area contributed by atoms with Gasteiger partial charge in [0.05, 0.1) is 15.6 Å². The lowest BCUT2D eigenvalue weighted by Crippen LogP contribution is -2.29. The van der Waals surface area contributed by atoms with Crippen LogP contribution in [0.25, 0.3) is 0 Å². The zero-order valence-electron chi connectivity index (χ0n) is 9.13. The Hall–Kier alpha value is -0.440. The first-order valence-electron chi connectivity index (χ1n) is 5.42. The normalized spacial score (nSPS) is 19.7. The second-order valence-electron chi connectivity index (χ2n) is 4.16. The van der Waals surface area contributed by atoms with Crippen molar-refractivity contribution in [3.05, 3.63) is 33.8 Å². The zero-order chi connectivity index (χ0) is 12.4. The van der Waals surface area contributed by atoms with E-state index in [4.69, 9.17) is 34.8 Å². The SMILES string of the molecule is O=C(c1cccc(Cl)c1Cl)N1CCC(CCl)C1. The Balaban J connectivity index is 2.18. The summed E-state index contributed by atoms with van der Waals surface area (Å²) in [4.78, 5) is 14.0. The fourth-order valence-corrected chi connectivity index (χ4v) is 2.62. The van der Waals surface area contributed by atoms with Crippen LogP contribution in [-0.2, 0) is 0 Å². The van der Waals surface area contributed by atoms with Crippen molar-refractivity contribution < 1.29 is 4.79 Å². The highest BCUT2D eigenvalue weighted by atomic mass is 35.5. The van der Waals surface area contributed by atoms with Crippen molar-refractivity contribution in [2.45, 2.75) is 6.42 Å². The predicted molar refractivity (Wildman–Crippen MR) is 71.2 cm³/mol. The molecule has 2 rings (SSSR count). The van der Waals surface area contributed by atoms with E-state index in [0.29, 0.717) is 34.0 Å². The second-order valence-corrected chi connectivity index (χ2v) is 5.26. The molecule has 0 aromatic heterocycles. The zero-order valence-corrected chi connectivity index (χ0v) is 11.4. The lowest BCUT2D eigenvalue weighted by atomic mass is 10.1. The number of likely N-dealkylation sites (tertiary alicyclic amines) is 1. The van der Waals surface area contributed by atoms with Crippen LogP contribution in [0.5, 0.6) is 0 Å². The first-order chi connectivity index (χ1) is 8.13. The van der Waals surface area contributed by atoms with Gasteiger partial charge in [-0.05, 0) is 24.5 Å². The van der Waals surface area contributed by atoms with Gasteiger partial charge in [0.1, 0.15) is 0 Å². The molecule has 1 atom stereocenters. The number of nitrogens with zero attached hydrogens (tertiary/aromatic N) is 1. The maximum absolute atomic E-state index is 12.2. The number of hydrogen-bond acceptors (Lipinski definition) is 1. The molecule has 2 nitrogen and oxygen atoms in total. The summed E-state index contributed by atoms with van der Waals surface area (Å²) in [6.45, 7) is 1.43. The summed E-state index contributed by atoms with van der Waals surface area (Å²) >= 11 is 17.7. The molecule has 1 amide bonds. The van der Waals surface area contributed by atoms with Crippen LogP contribution in [0.3, 0.4) is 0 Å². The molecular formula is C12H12Cl3NO. The van der Waals surface area contributed by atoms with Crippen molar-refractivity contribution in [2.75, 3.05) is 19.0 Å². The van der Waals surface area contributed by atoms with E-state index in [9.17, 15) is 4.79 Å². The Labute approximate surface area is 115 Å². The second kappa shape index (κ2) is 5.47. The van der Waals surface area contributed by atoms with Crippen LogP contribution in [-0.4, -0.2) is 29.8 Å². The molecule has 1 aliphatic heterocycles. The monoisotopic (exact) mass is 291 g/mol. The summed E-state index contributed by atoms with van der Waals surface area (Å²) in [5.41, 5.74) is 0.467. The van der Waals surface area contributed by atoms with Crippen molar-refractivity contribution in [3.8, 4) is 0 Å². The largest absolute Gasteiger partial charge is 0.338 e. The molecule has 1 saturated heterocycles. The Morgan fingerprint density at radius 2 is 2.18 bits per heavy atom. The third-order valence-corrected chi connectivity index (χ3v) is 4.23. The van der Waals surface area contributed by atoms with E-state index in [0.717, 1.165) is 13.0 Å². The van der Waals surface area contributed by atoms with E-state index in [1.54, 1.807) is 23.1 Å². The van der Waals surface area contributed by atoms with Crippen LogP contribution in [0, 0.1) is 5.92 Å². The maximum atomic E-state index is 12.2. The minimum atomic E-state index is -0.0647. The molecule has 1 heterocycles. The third-order valence-electron chi connectivity index (χ3n) is 2.97. The Morgan fingerprint density at radius 3 is 2.82 bits per heavy atom. The van der Waals surface area contributed by atoms with Crippen molar-refractivity contribution in [2.24, 2.45) is 5.92 Å². The van der Waals surface area contributed by atoms with Gasteiger partial charge in [0, 0.05) is 19.0 Å². The minimum Gasteiger partial charge on any atom is -0.338 e. The molecule has 1 aliphatic rings. The Morgan fingerprint density at radius 1 is 1.41 bits per heavy atom. The fourth-order valence-electron chi connectivity index (χ4n) is 1.98. The summed E-state index contributed by atoms with van der Waals surface area (Å²) in [5.74, 6) is 0.913. The highest BCUT2D eigenvalue weighted by Crippen LogP contribution is 2.28. The van der Waals surface area contributed by atoms with Crippen LogP contribution < -0.4 is 0 Å². The topological polar surface area (TPSA) is 20.3 Å². The van der Waals surface area contributed by atoms with Gasteiger partial charge in [0.25, 0.3) is 5.91 Å². The van der Waals surface area contributed by atoms with Gasteiger partial charge >= 0.3 is 0 Å². The molecule has 1 aromatic rings. The van der Waals surface area contributed by atoms with Gasteiger partial charge < -0.3 is 4.90 Å². The van der Waals surface area contributed by atoms with Gasteiger partial charge in [-0.3, -0.25) is 4.79 Å². The molecule has 17 heavy (non-hydrogen) atoms. The van der Waals surface area contributed by atoms with Crippen LogP contribution in [0.4, 0.5) is 0 Å². The summed E-state index contributed by atoms with van der Waals surface area (Å²) in [7, 11) is 0. The quantitative estimate of drug-likeness (QED) is 0.761. The standard InChI is InChI=1S/C12H12Cl3NO/c13-6-8-4-5-16(7-8)12(17)9-2-1-3-10(14)11(9)15/h1-3,8H,4-7H2. The molecule has 1 aromatic carbocycles. The van der Waals surface area contributed by atoms with Crippen LogP contribution >= 0.6 is 34.8 Å². The number of amides is 1. The molecule has 1 unspecified atom stereocenters. The van der Waals surface area contributed by atoms with Gasteiger partial charge in [-0.25, -0.2) is 0 Å². The average molecular weight is 293 g/mol. The molecule has 0 N–H and O–H groups in total. The van der Waals surface area contributed by atoms with Gasteiger partial charge in [0.15, 0.2) is 0 Å². The number of alkyl halides is 1. The van der Waals surface area contributed by atoms with Crippen LogP contribution in [0.1, 0.15) is 16.8 Å². The highest BCUT2D eigenvalue weighted by Gasteiger charge is 2.27. The molecular weight excluding hydrogens is 280 g/mol. The smallest absolute Gasteiger partial charge is 0.255 e. The lowest BCUT2D eigenvalue weighted by molar-refractivity contribution is 0.0788. The molecule has 0 aliphatic carbocycles. The number of halogens is 3. The van der Waals surface area contributed by atoms with Gasteiger partial charge in [-0.1, -0.05) is 29.3 Å². The van der Waals surface area contributed by atoms with Gasteiger partial charge in [-0.2, -0.15) is 0 Å². The third kappa shape index (κ3) is 2.70. The highest BCUT2D eigenvalue weighted by molar-refractivity contribution is 6.43. The van der Waals surface area contributed by atoms with Crippen molar-refractivity contribution in [1.82, 2.24) is 4.90 Å². The van der Waals surface area contributed by atoms with Crippen molar-refractivity contribution >= 4 is 40.7 Å². The molecule has 92 valence electrons. The molecule has 1 fully saturated rings. The molecule has 0 bridgehead atoms. The molecule has 0 spiro atoms. The van der Waals surface area contributed by atoms with E-state index in [1.165, 1.54) is 0 Å². The minimum absolute atomic E-state index is 0.0647. The number of carbonyl (C=O) groups excluding carboxylic acids is 1. The molecule has 0 radical (unpaired) electrons. The van der Waals surface area contributed by atoms with E-state index in [1.807, 2.05) is 0 Å². The van der Waals surface area contributed by atoms with E-state index in [2.05, 4.69) is 0 Å². The average Bonchev–Trinajstić information content (AvgIpc) is 2.80. The summed E-state index contributed by atoms with van der Waals surface area (Å²) < 4.78 is 0. The van der Waals surface area contributed by atoms with Crippen LogP contribution in [0.2, 0.25) is 10.0 Å². The van der Waals surface area contributed by atoms with E-state index < -0.39 is 0 Å². The predicted octanol–water partition coefficient (Wildman–Crippen LogP) is 3.69. The molecule has 5 heteroatoms. The Kier molecular flexibility index (Phi) is 4.18.